The predicted molar refractivity (Wildman–Crippen MR) is 49.9 cm³/mol. The lowest BCUT2D eigenvalue weighted by atomic mass is 9.92. The third-order valence-electron chi connectivity index (χ3n) is 2.39. The zero-order chi connectivity index (χ0) is 10.8. The number of nitrogens with one attached hydrogen (secondary N) is 1. The van der Waals surface area contributed by atoms with Gasteiger partial charge in [-0.3, -0.25) is 0 Å². The van der Waals surface area contributed by atoms with E-state index < -0.39 is 17.2 Å². The van der Waals surface area contributed by atoms with Gasteiger partial charge in [-0.25, -0.2) is 8.78 Å². The highest BCUT2D eigenvalue weighted by Gasteiger charge is 2.26. The normalized spacial score (nSPS) is 15.2. The van der Waals surface area contributed by atoms with Gasteiger partial charge in [0.1, 0.15) is 11.6 Å². The third-order valence-corrected chi connectivity index (χ3v) is 2.39. The molecule has 1 aromatic rings. The van der Waals surface area contributed by atoms with Gasteiger partial charge in [0.2, 0.25) is 0 Å². The summed E-state index contributed by atoms with van der Waals surface area (Å²) in [5, 5.41) is 11.9. The second kappa shape index (κ2) is 4.02. The fraction of sp³-hybridized carbons (Fsp3) is 0.400. The van der Waals surface area contributed by atoms with Crippen LogP contribution in [0, 0.1) is 11.6 Å². The average Bonchev–Trinajstić information content (AvgIpc) is 2.17. The zero-order valence-electron chi connectivity index (χ0n) is 8.14. The van der Waals surface area contributed by atoms with E-state index in [-0.39, 0.29) is 12.2 Å². The van der Waals surface area contributed by atoms with E-state index in [4.69, 9.17) is 5.11 Å². The van der Waals surface area contributed by atoms with Gasteiger partial charge < -0.3 is 10.4 Å². The summed E-state index contributed by atoms with van der Waals surface area (Å²) in [6.45, 7) is 1.38. The van der Waals surface area contributed by atoms with E-state index in [0.29, 0.717) is 0 Å². The van der Waals surface area contributed by atoms with Gasteiger partial charge in [-0.05, 0) is 20.0 Å². The Morgan fingerprint density at radius 3 is 2.50 bits per heavy atom. The maximum atomic E-state index is 13.3. The number of hydrogen-bond donors (Lipinski definition) is 2. The first-order valence-corrected chi connectivity index (χ1v) is 4.29. The van der Waals surface area contributed by atoms with Crippen molar-refractivity contribution in [3.05, 3.63) is 35.4 Å². The molecule has 0 heterocycles. The molecule has 0 radical (unpaired) electrons. The van der Waals surface area contributed by atoms with E-state index in [1.165, 1.54) is 12.1 Å². The molecule has 0 fully saturated rings. The highest BCUT2D eigenvalue weighted by Crippen LogP contribution is 2.23. The molecule has 1 aromatic carbocycles. The molecule has 0 bridgehead atoms. The summed E-state index contributed by atoms with van der Waals surface area (Å²) < 4.78 is 25.9. The van der Waals surface area contributed by atoms with Crippen LogP contribution in [-0.2, 0) is 5.54 Å². The fourth-order valence-corrected chi connectivity index (χ4v) is 1.24. The quantitative estimate of drug-likeness (QED) is 0.774. The third kappa shape index (κ3) is 1.91. The minimum atomic E-state index is -0.877. The molecule has 2 nitrogen and oxygen atoms in total. The number of likely N-dealkylation sites (N-methyl/N-ethyl adjacent to an activating group) is 1. The van der Waals surface area contributed by atoms with Crippen molar-refractivity contribution >= 4 is 0 Å². The minimum Gasteiger partial charge on any atom is -0.394 e. The molecule has 1 atom stereocenters. The van der Waals surface area contributed by atoms with Gasteiger partial charge in [0, 0.05) is 11.6 Å². The molecule has 0 aromatic heterocycles. The smallest absolute Gasteiger partial charge is 0.131 e. The van der Waals surface area contributed by atoms with Crippen LogP contribution >= 0.6 is 0 Å². The number of hydrogen-bond acceptors (Lipinski definition) is 2. The second-order valence-corrected chi connectivity index (χ2v) is 3.36. The first-order valence-electron chi connectivity index (χ1n) is 4.29. The SMILES string of the molecule is CNC(C)(CO)c1ccc(F)cc1F. The molecule has 0 aliphatic carbocycles. The summed E-state index contributed by atoms with van der Waals surface area (Å²) in [6, 6.07) is 3.31. The van der Waals surface area contributed by atoms with Gasteiger partial charge in [-0.2, -0.15) is 0 Å². The molecule has 1 unspecified atom stereocenters. The van der Waals surface area contributed by atoms with Gasteiger partial charge in [0.15, 0.2) is 0 Å². The molecule has 0 aliphatic heterocycles. The Hall–Kier alpha value is -1.00. The summed E-state index contributed by atoms with van der Waals surface area (Å²) in [5.74, 6) is -1.28. The number of aliphatic hydroxyl groups excluding tert-OH is 1. The predicted octanol–water partition coefficient (Wildman–Crippen LogP) is 1.39. The largest absolute Gasteiger partial charge is 0.394 e. The molecule has 0 amide bonds. The van der Waals surface area contributed by atoms with Crippen molar-refractivity contribution in [2.75, 3.05) is 13.7 Å². The molecule has 0 aliphatic rings. The Kier molecular flexibility index (Phi) is 3.18. The van der Waals surface area contributed by atoms with Crippen molar-refractivity contribution in [3.63, 3.8) is 0 Å². The monoisotopic (exact) mass is 201 g/mol. The van der Waals surface area contributed by atoms with Gasteiger partial charge in [0.05, 0.1) is 12.1 Å². The van der Waals surface area contributed by atoms with E-state index in [1.807, 2.05) is 0 Å². The average molecular weight is 201 g/mol. The lowest BCUT2D eigenvalue weighted by Gasteiger charge is -2.27. The Balaban J connectivity index is 3.17. The molecule has 0 spiro atoms. The van der Waals surface area contributed by atoms with Crippen molar-refractivity contribution in [3.8, 4) is 0 Å². The topological polar surface area (TPSA) is 32.3 Å². The first-order chi connectivity index (χ1) is 6.53. The van der Waals surface area contributed by atoms with E-state index >= 15 is 0 Å². The number of halogens is 2. The van der Waals surface area contributed by atoms with E-state index in [1.54, 1.807) is 14.0 Å². The summed E-state index contributed by atoms with van der Waals surface area (Å²) in [6.07, 6.45) is 0. The van der Waals surface area contributed by atoms with Crippen LogP contribution in [0.5, 0.6) is 0 Å². The van der Waals surface area contributed by atoms with Crippen molar-refractivity contribution in [1.82, 2.24) is 5.32 Å². The van der Waals surface area contributed by atoms with Crippen LogP contribution in [-0.4, -0.2) is 18.8 Å². The Morgan fingerprint density at radius 1 is 1.43 bits per heavy atom. The molecule has 0 saturated carbocycles. The molecule has 0 saturated heterocycles. The number of aliphatic hydroxyl groups is 1. The van der Waals surface area contributed by atoms with Gasteiger partial charge in [-0.1, -0.05) is 6.07 Å². The number of benzene rings is 1. The van der Waals surface area contributed by atoms with E-state index in [9.17, 15) is 8.78 Å². The second-order valence-electron chi connectivity index (χ2n) is 3.36. The maximum Gasteiger partial charge on any atom is 0.131 e. The van der Waals surface area contributed by atoms with Gasteiger partial charge >= 0.3 is 0 Å². The van der Waals surface area contributed by atoms with Gasteiger partial charge in [-0.15, -0.1) is 0 Å². The molecule has 4 heteroatoms. The van der Waals surface area contributed by atoms with Crippen molar-refractivity contribution < 1.29 is 13.9 Å². The van der Waals surface area contributed by atoms with E-state index in [2.05, 4.69) is 5.32 Å². The molecular weight excluding hydrogens is 188 g/mol. The Bertz CT molecular complexity index is 324. The molecule has 1 rings (SSSR count). The lowest BCUT2D eigenvalue weighted by molar-refractivity contribution is 0.179. The lowest BCUT2D eigenvalue weighted by Crippen LogP contribution is -2.41. The fourth-order valence-electron chi connectivity index (χ4n) is 1.24. The molecular formula is C10H13F2NO. The van der Waals surface area contributed by atoms with Crippen LogP contribution in [0.25, 0.3) is 0 Å². The van der Waals surface area contributed by atoms with Crippen LogP contribution in [0.3, 0.4) is 0 Å². The van der Waals surface area contributed by atoms with Crippen molar-refractivity contribution in [2.24, 2.45) is 0 Å². The van der Waals surface area contributed by atoms with Crippen LogP contribution in [0.2, 0.25) is 0 Å². The maximum absolute atomic E-state index is 13.3. The summed E-state index contributed by atoms with van der Waals surface area (Å²) in [4.78, 5) is 0. The van der Waals surface area contributed by atoms with Crippen LogP contribution in [0.1, 0.15) is 12.5 Å². The standard InChI is InChI=1S/C10H13F2NO/c1-10(6-14,13-2)8-4-3-7(11)5-9(8)12/h3-5,13-14H,6H2,1-2H3. The zero-order valence-corrected chi connectivity index (χ0v) is 8.14. The van der Waals surface area contributed by atoms with E-state index in [0.717, 1.165) is 6.07 Å². The summed E-state index contributed by atoms with van der Waals surface area (Å²) in [5.41, 5.74) is -0.624. The number of rotatable bonds is 3. The van der Waals surface area contributed by atoms with Crippen molar-refractivity contribution in [2.45, 2.75) is 12.5 Å². The summed E-state index contributed by atoms with van der Waals surface area (Å²) in [7, 11) is 1.61. The van der Waals surface area contributed by atoms with Crippen LogP contribution in [0.15, 0.2) is 18.2 Å². The molecule has 78 valence electrons. The van der Waals surface area contributed by atoms with Crippen LogP contribution < -0.4 is 5.32 Å². The molecule has 2 N–H and O–H groups in total. The minimum absolute atomic E-state index is 0.254. The van der Waals surface area contributed by atoms with Crippen molar-refractivity contribution in [1.29, 1.82) is 0 Å². The van der Waals surface area contributed by atoms with Gasteiger partial charge in [0.25, 0.3) is 0 Å². The first kappa shape index (κ1) is 11.1. The highest BCUT2D eigenvalue weighted by molar-refractivity contribution is 5.26. The van der Waals surface area contributed by atoms with Crippen LogP contribution in [0.4, 0.5) is 8.78 Å². The Labute approximate surface area is 81.6 Å². The highest BCUT2D eigenvalue weighted by atomic mass is 19.1. The molecule has 14 heavy (non-hydrogen) atoms. The summed E-state index contributed by atoms with van der Waals surface area (Å²) >= 11 is 0. The Morgan fingerprint density at radius 2 is 2.07 bits per heavy atom.